The number of aromatic nitrogens is 4. The van der Waals surface area contributed by atoms with Crippen molar-refractivity contribution in [3.05, 3.63) is 29.8 Å². The molecule has 2 aromatic rings. The summed E-state index contributed by atoms with van der Waals surface area (Å²) in [6.45, 7) is 2.09. The summed E-state index contributed by atoms with van der Waals surface area (Å²) in [5, 5.41) is 0. The number of anilines is 1. The second-order valence-electron chi connectivity index (χ2n) is 4.54. The van der Waals surface area contributed by atoms with E-state index in [1.165, 1.54) is 0 Å². The van der Waals surface area contributed by atoms with Crippen LogP contribution >= 0.6 is 0 Å². The highest BCUT2D eigenvalue weighted by Gasteiger charge is 2.27. The van der Waals surface area contributed by atoms with E-state index in [0.29, 0.717) is 17.7 Å². The first kappa shape index (κ1) is 11.1. The zero-order valence-corrected chi connectivity index (χ0v) is 10.3. The summed E-state index contributed by atoms with van der Waals surface area (Å²) in [4.78, 5) is 17.1. The molecule has 2 aromatic heterocycles. The molecular weight excluding hydrogens is 226 g/mol. The third-order valence-electron chi connectivity index (χ3n) is 3.14. The van der Waals surface area contributed by atoms with Gasteiger partial charge in [-0.1, -0.05) is 6.92 Å². The van der Waals surface area contributed by atoms with Gasteiger partial charge in [0, 0.05) is 23.9 Å². The highest BCUT2D eigenvalue weighted by molar-refractivity contribution is 5.60. The zero-order valence-electron chi connectivity index (χ0n) is 10.3. The molecule has 1 fully saturated rings. The van der Waals surface area contributed by atoms with Gasteiger partial charge in [-0.3, -0.25) is 4.98 Å². The molecule has 0 aromatic carbocycles. The fourth-order valence-corrected chi connectivity index (χ4v) is 1.98. The van der Waals surface area contributed by atoms with E-state index in [9.17, 15) is 0 Å². The normalized spacial score (nSPS) is 14.7. The van der Waals surface area contributed by atoms with Gasteiger partial charge in [0.25, 0.3) is 0 Å². The van der Waals surface area contributed by atoms with Crippen molar-refractivity contribution in [2.45, 2.75) is 32.1 Å². The largest absolute Gasteiger partial charge is 0.368 e. The summed E-state index contributed by atoms with van der Waals surface area (Å²) < 4.78 is 0. The second kappa shape index (κ2) is 4.33. The van der Waals surface area contributed by atoms with Crippen LogP contribution in [-0.4, -0.2) is 19.9 Å². The van der Waals surface area contributed by atoms with Gasteiger partial charge in [-0.05, 0) is 30.9 Å². The van der Waals surface area contributed by atoms with Crippen LogP contribution in [0.25, 0.3) is 11.4 Å². The maximum Gasteiger partial charge on any atom is 0.223 e. The van der Waals surface area contributed by atoms with Crippen molar-refractivity contribution in [1.82, 2.24) is 19.9 Å². The standard InChI is InChI=1S/C13H15N5/c1-2-8-7-15-6-5-10(8)12-16-11(9-3-4-9)17-13(14)18-12/h5-7,9H,2-4H2,1H3,(H2,14,16,17,18). The monoisotopic (exact) mass is 241 g/mol. The number of hydrogen-bond donors (Lipinski definition) is 1. The quantitative estimate of drug-likeness (QED) is 0.888. The Bertz CT molecular complexity index is 577. The van der Waals surface area contributed by atoms with Crippen molar-refractivity contribution in [2.24, 2.45) is 0 Å². The van der Waals surface area contributed by atoms with Crippen LogP contribution in [0.4, 0.5) is 5.95 Å². The van der Waals surface area contributed by atoms with Crippen molar-refractivity contribution in [1.29, 1.82) is 0 Å². The van der Waals surface area contributed by atoms with Crippen LogP contribution < -0.4 is 5.73 Å². The van der Waals surface area contributed by atoms with E-state index in [4.69, 9.17) is 5.73 Å². The minimum atomic E-state index is 0.306. The van der Waals surface area contributed by atoms with Gasteiger partial charge in [0.15, 0.2) is 5.82 Å². The lowest BCUT2D eigenvalue weighted by molar-refractivity contribution is 0.899. The van der Waals surface area contributed by atoms with Crippen LogP contribution in [0.15, 0.2) is 18.5 Å². The Hall–Kier alpha value is -2.04. The Labute approximate surface area is 106 Å². The molecule has 3 rings (SSSR count). The first-order valence-corrected chi connectivity index (χ1v) is 6.22. The summed E-state index contributed by atoms with van der Waals surface area (Å²) in [6, 6.07) is 1.93. The van der Waals surface area contributed by atoms with Crippen molar-refractivity contribution < 1.29 is 0 Å². The molecule has 0 atom stereocenters. The van der Waals surface area contributed by atoms with Crippen molar-refractivity contribution in [3.8, 4) is 11.4 Å². The van der Waals surface area contributed by atoms with E-state index in [-0.39, 0.29) is 0 Å². The van der Waals surface area contributed by atoms with Gasteiger partial charge in [0.2, 0.25) is 5.95 Å². The molecule has 1 aliphatic rings. The van der Waals surface area contributed by atoms with Gasteiger partial charge in [-0.2, -0.15) is 9.97 Å². The summed E-state index contributed by atoms with van der Waals surface area (Å²) in [5.74, 6) is 2.28. The van der Waals surface area contributed by atoms with Gasteiger partial charge >= 0.3 is 0 Å². The molecule has 1 saturated carbocycles. The van der Waals surface area contributed by atoms with Crippen LogP contribution in [0.5, 0.6) is 0 Å². The Kier molecular flexibility index (Phi) is 2.66. The number of hydrogen-bond acceptors (Lipinski definition) is 5. The van der Waals surface area contributed by atoms with Gasteiger partial charge < -0.3 is 5.73 Å². The maximum absolute atomic E-state index is 5.78. The summed E-state index contributed by atoms with van der Waals surface area (Å²) in [7, 11) is 0. The van der Waals surface area contributed by atoms with E-state index in [0.717, 1.165) is 36.2 Å². The van der Waals surface area contributed by atoms with Crippen molar-refractivity contribution >= 4 is 5.95 Å². The predicted molar refractivity (Wildman–Crippen MR) is 68.8 cm³/mol. The summed E-state index contributed by atoms with van der Waals surface area (Å²) in [5.41, 5.74) is 7.91. The van der Waals surface area contributed by atoms with Gasteiger partial charge in [-0.15, -0.1) is 0 Å². The van der Waals surface area contributed by atoms with Gasteiger partial charge in [0.1, 0.15) is 5.82 Å². The summed E-state index contributed by atoms with van der Waals surface area (Å²) >= 11 is 0. The Morgan fingerprint density at radius 1 is 1.28 bits per heavy atom. The number of nitrogen functional groups attached to an aromatic ring is 1. The number of pyridine rings is 1. The van der Waals surface area contributed by atoms with Gasteiger partial charge in [-0.25, -0.2) is 4.98 Å². The average Bonchev–Trinajstić information content (AvgIpc) is 3.22. The highest BCUT2D eigenvalue weighted by Crippen LogP contribution is 2.38. The molecule has 1 aliphatic carbocycles. The smallest absolute Gasteiger partial charge is 0.223 e. The molecule has 0 saturated heterocycles. The lowest BCUT2D eigenvalue weighted by atomic mass is 10.1. The fourth-order valence-electron chi connectivity index (χ4n) is 1.98. The van der Waals surface area contributed by atoms with E-state index in [1.807, 2.05) is 12.3 Å². The van der Waals surface area contributed by atoms with E-state index in [1.54, 1.807) is 6.20 Å². The van der Waals surface area contributed by atoms with Crippen LogP contribution in [0.1, 0.15) is 37.1 Å². The lowest BCUT2D eigenvalue weighted by Gasteiger charge is -2.07. The molecule has 92 valence electrons. The number of aryl methyl sites for hydroxylation is 1. The highest BCUT2D eigenvalue weighted by atomic mass is 15.1. The number of rotatable bonds is 3. The van der Waals surface area contributed by atoms with Crippen LogP contribution in [0.2, 0.25) is 0 Å². The summed E-state index contributed by atoms with van der Waals surface area (Å²) in [6.07, 6.45) is 6.81. The van der Waals surface area contributed by atoms with E-state index >= 15 is 0 Å². The lowest BCUT2D eigenvalue weighted by Crippen LogP contribution is -2.05. The first-order chi connectivity index (χ1) is 8.78. The molecular formula is C13H15N5. The second-order valence-corrected chi connectivity index (χ2v) is 4.54. The Balaban J connectivity index is 2.10. The minimum Gasteiger partial charge on any atom is -0.368 e. The topological polar surface area (TPSA) is 77.6 Å². The molecule has 5 nitrogen and oxygen atoms in total. The first-order valence-electron chi connectivity index (χ1n) is 6.22. The Morgan fingerprint density at radius 2 is 2.11 bits per heavy atom. The van der Waals surface area contributed by atoms with E-state index in [2.05, 4.69) is 26.9 Å². The molecule has 2 heterocycles. The van der Waals surface area contributed by atoms with Crippen molar-refractivity contribution in [2.75, 3.05) is 5.73 Å². The van der Waals surface area contributed by atoms with Gasteiger partial charge in [0.05, 0.1) is 0 Å². The predicted octanol–water partition coefficient (Wildman–Crippen LogP) is 1.96. The molecule has 18 heavy (non-hydrogen) atoms. The molecule has 5 heteroatoms. The molecule has 0 spiro atoms. The molecule has 0 unspecified atom stereocenters. The maximum atomic E-state index is 5.78. The number of nitrogens with two attached hydrogens (primary N) is 1. The molecule has 0 radical (unpaired) electrons. The molecule has 0 amide bonds. The molecule has 0 aliphatic heterocycles. The third kappa shape index (κ3) is 2.03. The number of nitrogens with zero attached hydrogens (tertiary/aromatic N) is 4. The van der Waals surface area contributed by atoms with Crippen LogP contribution in [0, 0.1) is 0 Å². The molecule has 2 N–H and O–H groups in total. The Morgan fingerprint density at radius 3 is 2.83 bits per heavy atom. The van der Waals surface area contributed by atoms with Crippen molar-refractivity contribution in [3.63, 3.8) is 0 Å². The van der Waals surface area contributed by atoms with E-state index < -0.39 is 0 Å². The molecule has 0 bridgehead atoms. The SMILES string of the molecule is CCc1cnccc1-c1nc(N)nc(C2CC2)n1. The minimum absolute atomic E-state index is 0.306. The van der Waals surface area contributed by atoms with Crippen LogP contribution in [-0.2, 0) is 6.42 Å². The fraction of sp³-hybridized carbons (Fsp3) is 0.385. The third-order valence-corrected chi connectivity index (χ3v) is 3.14. The average molecular weight is 241 g/mol. The zero-order chi connectivity index (χ0) is 12.5. The van der Waals surface area contributed by atoms with Crippen LogP contribution in [0.3, 0.4) is 0 Å².